The van der Waals surface area contributed by atoms with Gasteiger partial charge in [0.2, 0.25) is 0 Å². The summed E-state index contributed by atoms with van der Waals surface area (Å²) in [5.41, 5.74) is -0.0616. The molecule has 2 amide bonds. The van der Waals surface area contributed by atoms with E-state index in [1.165, 1.54) is 0 Å². The molecule has 1 aromatic rings. The number of carboxylic acids is 1. The van der Waals surface area contributed by atoms with E-state index in [-0.39, 0.29) is 12.5 Å². The minimum absolute atomic E-state index is 0.140. The minimum Gasteiger partial charge on any atom is -0.481 e. The summed E-state index contributed by atoms with van der Waals surface area (Å²) in [4.78, 5) is 26.6. The van der Waals surface area contributed by atoms with Gasteiger partial charge in [0.05, 0.1) is 18.2 Å². The summed E-state index contributed by atoms with van der Waals surface area (Å²) in [6.07, 6.45) is 1.51. The topological polar surface area (TPSA) is 91.3 Å². The SMILES string of the molecule is CC(NC(=O)NC(C)(C)CC(=O)O)c1ccccn1. The molecule has 1 atom stereocenters. The van der Waals surface area contributed by atoms with E-state index >= 15 is 0 Å². The molecular formula is C13H19N3O3. The number of nitrogens with zero attached hydrogens (tertiary/aromatic N) is 1. The van der Waals surface area contributed by atoms with Gasteiger partial charge >= 0.3 is 12.0 Å². The van der Waals surface area contributed by atoms with Crippen LogP contribution in [0.2, 0.25) is 0 Å². The van der Waals surface area contributed by atoms with E-state index in [0.717, 1.165) is 5.69 Å². The van der Waals surface area contributed by atoms with Gasteiger partial charge in [-0.3, -0.25) is 9.78 Å². The number of carbonyl (C=O) groups is 2. The van der Waals surface area contributed by atoms with Gasteiger partial charge in [-0.25, -0.2) is 4.79 Å². The first-order valence-electron chi connectivity index (χ1n) is 6.01. The maximum Gasteiger partial charge on any atom is 0.315 e. The van der Waals surface area contributed by atoms with Gasteiger partial charge in [-0.05, 0) is 32.9 Å². The molecule has 1 rings (SSSR count). The molecule has 0 aliphatic heterocycles. The first-order chi connectivity index (χ1) is 8.80. The van der Waals surface area contributed by atoms with Crippen LogP contribution in [-0.4, -0.2) is 27.6 Å². The fourth-order valence-corrected chi connectivity index (χ4v) is 1.67. The van der Waals surface area contributed by atoms with E-state index in [9.17, 15) is 9.59 Å². The Kier molecular flexibility index (Phi) is 4.86. The van der Waals surface area contributed by atoms with Crippen molar-refractivity contribution in [3.05, 3.63) is 30.1 Å². The van der Waals surface area contributed by atoms with Crippen LogP contribution in [0.4, 0.5) is 4.79 Å². The van der Waals surface area contributed by atoms with Gasteiger partial charge < -0.3 is 15.7 Å². The Morgan fingerprint density at radius 3 is 2.63 bits per heavy atom. The van der Waals surface area contributed by atoms with Crippen LogP contribution in [0, 0.1) is 0 Å². The molecule has 6 heteroatoms. The van der Waals surface area contributed by atoms with Gasteiger partial charge in [0.15, 0.2) is 0 Å². The number of nitrogens with one attached hydrogen (secondary N) is 2. The van der Waals surface area contributed by atoms with E-state index in [1.54, 1.807) is 26.1 Å². The second kappa shape index (κ2) is 6.17. The highest BCUT2D eigenvalue weighted by molar-refractivity contribution is 5.76. The van der Waals surface area contributed by atoms with Gasteiger partial charge in [-0.2, -0.15) is 0 Å². The smallest absolute Gasteiger partial charge is 0.315 e. The lowest BCUT2D eigenvalue weighted by Crippen LogP contribution is -2.49. The molecule has 0 aromatic carbocycles. The standard InChI is InChI=1S/C13H19N3O3/c1-9(10-6-4-5-7-14-10)15-12(19)16-13(2,3)8-11(17)18/h4-7,9H,8H2,1-3H3,(H,17,18)(H2,15,16,19). The molecule has 3 N–H and O–H groups in total. The lowest BCUT2D eigenvalue weighted by molar-refractivity contribution is -0.138. The minimum atomic E-state index is -0.955. The molecule has 0 saturated carbocycles. The van der Waals surface area contributed by atoms with Crippen molar-refractivity contribution in [3.63, 3.8) is 0 Å². The highest BCUT2D eigenvalue weighted by Crippen LogP contribution is 2.10. The predicted octanol–water partition coefficient (Wildman–Crippen LogP) is 1.70. The molecule has 0 saturated heterocycles. The highest BCUT2D eigenvalue weighted by atomic mass is 16.4. The Labute approximate surface area is 112 Å². The normalized spacial score (nSPS) is 12.6. The second-order valence-electron chi connectivity index (χ2n) is 5.03. The van der Waals surface area contributed by atoms with Crippen molar-refractivity contribution in [1.29, 1.82) is 0 Å². The van der Waals surface area contributed by atoms with Crippen molar-refractivity contribution in [3.8, 4) is 0 Å². The lowest BCUT2D eigenvalue weighted by Gasteiger charge is -2.25. The molecule has 6 nitrogen and oxygen atoms in total. The van der Waals surface area contributed by atoms with E-state index in [2.05, 4.69) is 15.6 Å². The summed E-state index contributed by atoms with van der Waals surface area (Å²) in [7, 11) is 0. The predicted molar refractivity (Wildman–Crippen MR) is 70.7 cm³/mol. The molecular weight excluding hydrogens is 246 g/mol. The van der Waals surface area contributed by atoms with E-state index in [0.29, 0.717) is 0 Å². The summed E-state index contributed by atoms with van der Waals surface area (Å²) in [5, 5.41) is 14.1. The van der Waals surface area contributed by atoms with Crippen molar-refractivity contribution < 1.29 is 14.7 Å². The van der Waals surface area contributed by atoms with Crippen LogP contribution in [-0.2, 0) is 4.79 Å². The molecule has 19 heavy (non-hydrogen) atoms. The number of pyridine rings is 1. The molecule has 1 heterocycles. The fourth-order valence-electron chi connectivity index (χ4n) is 1.67. The molecule has 1 unspecified atom stereocenters. The Morgan fingerprint density at radius 2 is 2.11 bits per heavy atom. The molecule has 0 bridgehead atoms. The number of rotatable bonds is 5. The van der Waals surface area contributed by atoms with Crippen LogP contribution >= 0.6 is 0 Å². The molecule has 104 valence electrons. The number of urea groups is 1. The lowest BCUT2D eigenvalue weighted by atomic mass is 10.0. The van der Waals surface area contributed by atoms with Crippen LogP contribution in [0.5, 0.6) is 0 Å². The molecule has 0 radical (unpaired) electrons. The van der Waals surface area contributed by atoms with Crippen LogP contribution in [0.25, 0.3) is 0 Å². The number of hydrogen-bond donors (Lipinski definition) is 3. The van der Waals surface area contributed by atoms with Gasteiger partial charge in [0.1, 0.15) is 0 Å². The van der Waals surface area contributed by atoms with Crippen LogP contribution < -0.4 is 10.6 Å². The van der Waals surface area contributed by atoms with Crippen LogP contribution in [0.1, 0.15) is 38.9 Å². The third kappa shape index (κ3) is 5.37. The third-order valence-corrected chi connectivity index (χ3v) is 2.52. The molecule has 0 spiro atoms. The molecule has 0 aliphatic carbocycles. The maximum atomic E-state index is 11.8. The van der Waals surface area contributed by atoms with Crippen molar-refractivity contribution >= 4 is 12.0 Å². The Hall–Kier alpha value is -2.11. The first kappa shape index (κ1) is 14.9. The zero-order chi connectivity index (χ0) is 14.5. The quantitative estimate of drug-likeness (QED) is 0.755. The number of hydrogen-bond acceptors (Lipinski definition) is 3. The maximum absolute atomic E-state index is 11.8. The Bertz CT molecular complexity index is 446. The van der Waals surface area contributed by atoms with Crippen molar-refractivity contribution in [2.75, 3.05) is 0 Å². The van der Waals surface area contributed by atoms with Gasteiger partial charge in [-0.1, -0.05) is 6.07 Å². The number of carboxylic acid groups (broad SMARTS) is 1. The van der Waals surface area contributed by atoms with Crippen molar-refractivity contribution in [2.24, 2.45) is 0 Å². The number of aliphatic carboxylic acids is 1. The van der Waals surface area contributed by atoms with Gasteiger partial charge in [0, 0.05) is 11.7 Å². The van der Waals surface area contributed by atoms with Gasteiger partial charge in [0.25, 0.3) is 0 Å². The Morgan fingerprint density at radius 1 is 1.42 bits per heavy atom. The second-order valence-corrected chi connectivity index (χ2v) is 5.03. The summed E-state index contributed by atoms with van der Waals surface area (Å²) in [6, 6.07) is 4.79. The zero-order valence-corrected chi connectivity index (χ0v) is 11.3. The largest absolute Gasteiger partial charge is 0.481 e. The first-order valence-corrected chi connectivity index (χ1v) is 6.01. The average molecular weight is 265 g/mol. The molecule has 1 aromatic heterocycles. The average Bonchev–Trinajstić information content (AvgIpc) is 2.27. The highest BCUT2D eigenvalue weighted by Gasteiger charge is 2.24. The van der Waals surface area contributed by atoms with Crippen molar-refractivity contribution in [1.82, 2.24) is 15.6 Å². The van der Waals surface area contributed by atoms with E-state index in [1.807, 2.05) is 19.1 Å². The van der Waals surface area contributed by atoms with E-state index in [4.69, 9.17) is 5.11 Å². The fraction of sp³-hybridized carbons (Fsp3) is 0.462. The summed E-state index contributed by atoms with van der Waals surface area (Å²) in [5.74, 6) is -0.955. The zero-order valence-electron chi connectivity index (χ0n) is 11.3. The molecule has 0 aliphatic rings. The third-order valence-electron chi connectivity index (χ3n) is 2.52. The summed E-state index contributed by atoms with van der Waals surface area (Å²) in [6.45, 7) is 5.13. The van der Waals surface area contributed by atoms with Gasteiger partial charge in [-0.15, -0.1) is 0 Å². The van der Waals surface area contributed by atoms with Crippen LogP contribution in [0.3, 0.4) is 0 Å². The van der Waals surface area contributed by atoms with Crippen molar-refractivity contribution in [2.45, 2.75) is 38.8 Å². The molecule has 0 fully saturated rings. The Balaban J connectivity index is 2.54. The van der Waals surface area contributed by atoms with E-state index < -0.39 is 17.5 Å². The summed E-state index contributed by atoms with van der Waals surface area (Å²) >= 11 is 0. The van der Waals surface area contributed by atoms with Crippen LogP contribution in [0.15, 0.2) is 24.4 Å². The number of amides is 2. The summed E-state index contributed by atoms with van der Waals surface area (Å²) < 4.78 is 0. The monoisotopic (exact) mass is 265 g/mol. The number of carbonyl (C=O) groups excluding carboxylic acids is 1. The number of aromatic nitrogens is 1.